The molecular weight excluding hydrogens is 539 g/mol. The van der Waals surface area contributed by atoms with E-state index in [1.807, 2.05) is 25.1 Å². The molecule has 0 saturated carbocycles. The number of hydrogen-bond donors (Lipinski definition) is 2. The molecule has 2 rings (SSSR count). The number of nitrogens with one attached hydrogen (secondary N) is 2. The smallest absolute Gasteiger partial charge is 0.269 e. The summed E-state index contributed by atoms with van der Waals surface area (Å²) in [6.45, 7) is 5.17. The van der Waals surface area contributed by atoms with Gasteiger partial charge in [-0.05, 0) is 43.0 Å². The molecule has 0 aliphatic heterocycles. The molecule has 2 aromatic rings. The molecular formula is C23H33IN4O5. The van der Waals surface area contributed by atoms with Gasteiger partial charge >= 0.3 is 0 Å². The number of nitro groups is 1. The van der Waals surface area contributed by atoms with Crippen LogP contribution in [0.25, 0.3) is 0 Å². The zero-order valence-electron chi connectivity index (χ0n) is 19.3. The van der Waals surface area contributed by atoms with Crippen molar-refractivity contribution in [1.82, 2.24) is 10.6 Å². The number of non-ortho nitro benzene ring substituents is 1. The molecule has 10 heteroatoms. The van der Waals surface area contributed by atoms with Crippen molar-refractivity contribution in [3.63, 3.8) is 0 Å². The van der Waals surface area contributed by atoms with Crippen LogP contribution in [0.15, 0.2) is 47.5 Å². The van der Waals surface area contributed by atoms with Gasteiger partial charge in [0.2, 0.25) is 0 Å². The quantitative estimate of drug-likeness (QED) is 0.0936. The van der Waals surface area contributed by atoms with E-state index in [2.05, 4.69) is 15.6 Å². The van der Waals surface area contributed by atoms with Crippen molar-refractivity contribution < 1.29 is 19.1 Å². The van der Waals surface area contributed by atoms with Crippen molar-refractivity contribution in [2.45, 2.75) is 26.3 Å². The van der Waals surface area contributed by atoms with E-state index in [1.165, 1.54) is 12.1 Å². The largest absolute Gasteiger partial charge is 0.493 e. The molecule has 33 heavy (non-hydrogen) atoms. The van der Waals surface area contributed by atoms with Crippen molar-refractivity contribution in [2.75, 3.05) is 40.5 Å². The number of guanidine groups is 1. The molecule has 0 aliphatic carbocycles. The Balaban J connectivity index is 0.00000544. The van der Waals surface area contributed by atoms with Crippen molar-refractivity contribution in [3.8, 4) is 11.5 Å². The Kier molecular flexibility index (Phi) is 13.9. The number of nitro benzene ring substituents is 1. The first kappa shape index (κ1) is 28.4. The van der Waals surface area contributed by atoms with E-state index in [9.17, 15) is 10.1 Å². The molecule has 0 atom stereocenters. The zero-order valence-corrected chi connectivity index (χ0v) is 21.7. The Morgan fingerprint density at radius 2 is 1.67 bits per heavy atom. The fourth-order valence-corrected chi connectivity index (χ4v) is 2.95. The maximum atomic E-state index is 10.8. The van der Waals surface area contributed by atoms with Crippen LogP contribution in [0.1, 0.15) is 24.5 Å². The highest BCUT2D eigenvalue weighted by Crippen LogP contribution is 2.27. The lowest BCUT2D eigenvalue weighted by Crippen LogP contribution is -2.39. The SMILES string of the molecule is CCOCCCNC(=NCc1ccc([N+](=O)[O-])cc1)NCCc1ccc(OC)c(OC)c1.I. The lowest BCUT2D eigenvalue weighted by molar-refractivity contribution is -0.384. The molecule has 0 amide bonds. The van der Waals surface area contributed by atoms with E-state index < -0.39 is 4.92 Å². The Labute approximate surface area is 212 Å². The van der Waals surface area contributed by atoms with Crippen LogP contribution in [0.4, 0.5) is 5.69 Å². The lowest BCUT2D eigenvalue weighted by atomic mass is 10.1. The van der Waals surface area contributed by atoms with Gasteiger partial charge in [0, 0.05) is 38.4 Å². The highest BCUT2D eigenvalue weighted by Gasteiger charge is 2.06. The Morgan fingerprint density at radius 1 is 1.00 bits per heavy atom. The third-order valence-corrected chi connectivity index (χ3v) is 4.68. The normalized spacial score (nSPS) is 10.8. The molecule has 182 valence electrons. The molecule has 9 nitrogen and oxygen atoms in total. The fourth-order valence-electron chi connectivity index (χ4n) is 2.95. The van der Waals surface area contributed by atoms with Gasteiger partial charge in [-0.2, -0.15) is 0 Å². The number of methoxy groups -OCH3 is 2. The van der Waals surface area contributed by atoms with E-state index in [0.717, 1.165) is 30.5 Å². The highest BCUT2D eigenvalue weighted by atomic mass is 127. The molecule has 0 aliphatic rings. The highest BCUT2D eigenvalue weighted by molar-refractivity contribution is 14.0. The second-order valence-corrected chi connectivity index (χ2v) is 6.93. The predicted octanol–water partition coefficient (Wildman–Crippen LogP) is 3.93. The number of hydrogen-bond acceptors (Lipinski definition) is 6. The van der Waals surface area contributed by atoms with Gasteiger partial charge in [-0.3, -0.25) is 10.1 Å². The summed E-state index contributed by atoms with van der Waals surface area (Å²) in [5.74, 6) is 2.08. The summed E-state index contributed by atoms with van der Waals surface area (Å²) in [6.07, 6.45) is 1.64. The Morgan fingerprint density at radius 3 is 2.30 bits per heavy atom. The number of rotatable bonds is 13. The monoisotopic (exact) mass is 572 g/mol. The number of halogens is 1. The van der Waals surface area contributed by atoms with Gasteiger partial charge in [0.25, 0.3) is 5.69 Å². The average molecular weight is 572 g/mol. The van der Waals surface area contributed by atoms with Crippen LogP contribution in [0.3, 0.4) is 0 Å². The summed E-state index contributed by atoms with van der Waals surface area (Å²) in [7, 11) is 3.24. The van der Waals surface area contributed by atoms with Gasteiger partial charge in [0.05, 0.1) is 25.7 Å². The molecule has 0 fully saturated rings. The van der Waals surface area contributed by atoms with Crippen molar-refractivity contribution in [1.29, 1.82) is 0 Å². The van der Waals surface area contributed by atoms with Gasteiger partial charge in [0.15, 0.2) is 17.5 Å². The first-order valence-corrected chi connectivity index (χ1v) is 10.6. The number of benzene rings is 2. The molecule has 0 unspecified atom stereocenters. The summed E-state index contributed by atoms with van der Waals surface area (Å²) in [5, 5.41) is 17.5. The summed E-state index contributed by atoms with van der Waals surface area (Å²) >= 11 is 0. The van der Waals surface area contributed by atoms with Gasteiger partial charge < -0.3 is 24.8 Å². The predicted molar refractivity (Wildman–Crippen MR) is 140 cm³/mol. The third kappa shape index (κ3) is 10.3. The van der Waals surface area contributed by atoms with Crippen molar-refractivity contribution in [2.24, 2.45) is 4.99 Å². The third-order valence-electron chi connectivity index (χ3n) is 4.68. The summed E-state index contributed by atoms with van der Waals surface area (Å²) in [6, 6.07) is 12.3. The summed E-state index contributed by atoms with van der Waals surface area (Å²) in [4.78, 5) is 15.0. The van der Waals surface area contributed by atoms with Crippen LogP contribution >= 0.6 is 24.0 Å². The minimum absolute atomic E-state index is 0. The van der Waals surface area contributed by atoms with Crippen LogP contribution in [0.2, 0.25) is 0 Å². The van der Waals surface area contributed by atoms with Crippen LogP contribution in [0, 0.1) is 10.1 Å². The summed E-state index contributed by atoms with van der Waals surface area (Å²) < 4.78 is 16.0. The number of ether oxygens (including phenoxy) is 3. The van der Waals surface area contributed by atoms with Crippen molar-refractivity contribution >= 4 is 35.6 Å². The molecule has 0 bridgehead atoms. The summed E-state index contributed by atoms with van der Waals surface area (Å²) in [5.41, 5.74) is 2.08. The average Bonchev–Trinajstić information content (AvgIpc) is 2.82. The second kappa shape index (κ2) is 16.1. The number of nitrogens with zero attached hydrogens (tertiary/aromatic N) is 2. The van der Waals surface area contributed by atoms with Crippen LogP contribution in [0.5, 0.6) is 11.5 Å². The van der Waals surface area contributed by atoms with E-state index in [1.54, 1.807) is 26.4 Å². The molecule has 0 radical (unpaired) electrons. The van der Waals surface area contributed by atoms with Crippen LogP contribution in [-0.2, 0) is 17.7 Å². The molecule has 0 spiro atoms. The molecule has 0 aromatic heterocycles. The minimum Gasteiger partial charge on any atom is -0.493 e. The topological polar surface area (TPSA) is 107 Å². The second-order valence-electron chi connectivity index (χ2n) is 6.93. The first-order valence-electron chi connectivity index (χ1n) is 10.6. The van der Waals surface area contributed by atoms with Gasteiger partial charge in [0.1, 0.15) is 0 Å². The molecule has 0 heterocycles. The van der Waals surface area contributed by atoms with E-state index >= 15 is 0 Å². The fraction of sp³-hybridized carbons (Fsp3) is 0.435. The first-order chi connectivity index (χ1) is 15.6. The van der Waals surface area contributed by atoms with Crippen molar-refractivity contribution in [3.05, 3.63) is 63.7 Å². The standard InChI is InChI=1S/C23H32N4O5.HI/c1-4-32-15-5-13-24-23(26-17-19-6-9-20(10-7-19)27(28)29)25-14-12-18-8-11-21(30-2)22(16-18)31-3;/h6-11,16H,4-5,12-15,17H2,1-3H3,(H2,24,25,26);1H. The molecule has 2 N–H and O–H groups in total. The lowest BCUT2D eigenvalue weighted by Gasteiger charge is -2.14. The molecule has 0 saturated heterocycles. The van der Waals surface area contributed by atoms with Gasteiger partial charge in [-0.1, -0.05) is 18.2 Å². The Hall–Kier alpha value is -2.60. The minimum atomic E-state index is -0.409. The van der Waals surface area contributed by atoms with E-state index in [4.69, 9.17) is 14.2 Å². The van der Waals surface area contributed by atoms with E-state index in [-0.39, 0.29) is 29.7 Å². The number of aliphatic imine (C=N–C) groups is 1. The maximum Gasteiger partial charge on any atom is 0.269 e. The molecule has 2 aromatic carbocycles. The van der Waals surface area contributed by atoms with Crippen LogP contribution in [-0.4, -0.2) is 51.4 Å². The van der Waals surface area contributed by atoms with Gasteiger partial charge in [-0.15, -0.1) is 24.0 Å². The zero-order chi connectivity index (χ0) is 23.2. The van der Waals surface area contributed by atoms with Gasteiger partial charge in [-0.25, -0.2) is 4.99 Å². The van der Waals surface area contributed by atoms with E-state index in [0.29, 0.717) is 43.8 Å². The Bertz CT molecular complexity index is 878. The van der Waals surface area contributed by atoms with Crippen LogP contribution < -0.4 is 20.1 Å². The maximum absolute atomic E-state index is 10.8.